The van der Waals surface area contributed by atoms with E-state index in [1.54, 1.807) is 66.7 Å². The second-order valence-electron chi connectivity index (χ2n) is 7.68. The largest absolute Gasteiger partial charge is 0.494 e. The maximum Gasteiger partial charge on any atom is 0.329 e. The number of para-hydroxylation sites is 1. The Morgan fingerprint density at radius 2 is 1.68 bits per heavy atom. The number of amides is 3. The molecular weight excluding hydrogens is 512 g/mol. The van der Waals surface area contributed by atoms with Crippen LogP contribution in [0.25, 0.3) is 0 Å². The molecule has 0 radical (unpaired) electrons. The molecule has 38 heavy (non-hydrogen) atoms. The van der Waals surface area contributed by atoms with E-state index in [-0.39, 0.29) is 18.9 Å². The number of carbonyl (C=O) groups excluding carboxylic acids is 3. The summed E-state index contributed by atoms with van der Waals surface area (Å²) < 4.78 is 16.4. The standard InChI is InChI=1S/C27H27ClN4O6/c1-3-37-22-13-11-21(12-14-22)31-24(33)17-38-25-19(5-4-6-23(25)36-2)16-30-32-27(35)26(34)29-15-18-7-9-20(28)10-8-18/h4-14,16H,3,15,17H2,1-2H3,(H,29,34)(H,31,33)(H,32,35)/b30-16-. The average Bonchev–Trinajstić information content (AvgIpc) is 2.92. The topological polar surface area (TPSA) is 127 Å². The molecule has 0 aliphatic rings. The van der Waals surface area contributed by atoms with Crippen molar-refractivity contribution in [3.8, 4) is 17.2 Å². The summed E-state index contributed by atoms with van der Waals surface area (Å²) in [7, 11) is 1.45. The smallest absolute Gasteiger partial charge is 0.329 e. The molecule has 0 unspecified atom stereocenters. The molecule has 0 atom stereocenters. The summed E-state index contributed by atoms with van der Waals surface area (Å²) in [6.45, 7) is 2.28. The van der Waals surface area contributed by atoms with Crippen molar-refractivity contribution in [2.45, 2.75) is 13.5 Å². The van der Waals surface area contributed by atoms with E-state index in [0.29, 0.717) is 34.4 Å². The average molecular weight is 539 g/mol. The van der Waals surface area contributed by atoms with Gasteiger partial charge in [-0.25, -0.2) is 5.43 Å². The van der Waals surface area contributed by atoms with E-state index in [1.807, 2.05) is 6.92 Å². The van der Waals surface area contributed by atoms with Crippen LogP contribution < -0.4 is 30.3 Å². The number of carbonyl (C=O) groups is 3. The van der Waals surface area contributed by atoms with E-state index < -0.39 is 17.7 Å². The van der Waals surface area contributed by atoms with Gasteiger partial charge in [-0.1, -0.05) is 29.8 Å². The number of hydrazone groups is 1. The van der Waals surface area contributed by atoms with Crippen molar-refractivity contribution in [3.05, 3.63) is 82.9 Å². The molecule has 0 aliphatic carbocycles. The predicted molar refractivity (Wildman–Crippen MR) is 144 cm³/mol. The van der Waals surface area contributed by atoms with E-state index >= 15 is 0 Å². The number of methoxy groups -OCH3 is 1. The Morgan fingerprint density at radius 3 is 2.37 bits per heavy atom. The first-order chi connectivity index (χ1) is 18.4. The summed E-state index contributed by atoms with van der Waals surface area (Å²) in [5.74, 6) is -0.906. The van der Waals surface area contributed by atoms with Crippen LogP contribution in [0.1, 0.15) is 18.1 Å². The van der Waals surface area contributed by atoms with Gasteiger partial charge in [0.15, 0.2) is 18.1 Å². The highest BCUT2D eigenvalue weighted by Crippen LogP contribution is 2.30. The normalized spacial score (nSPS) is 10.5. The lowest BCUT2D eigenvalue weighted by Gasteiger charge is -2.13. The van der Waals surface area contributed by atoms with E-state index in [2.05, 4.69) is 21.2 Å². The first kappa shape index (κ1) is 28.0. The highest BCUT2D eigenvalue weighted by Gasteiger charge is 2.14. The van der Waals surface area contributed by atoms with Crippen LogP contribution in [0.15, 0.2) is 71.8 Å². The van der Waals surface area contributed by atoms with E-state index in [9.17, 15) is 14.4 Å². The molecule has 0 heterocycles. The summed E-state index contributed by atoms with van der Waals surface area (Å²) in [6, 6.07) is 18.8. The monoisotopic (exact) mass is 538 g/mol. The van der Waals surface area contributed by atoms with E-state index in [4.69, 9.17) is 25.8 Å². The number of benzene rings is 3. The number of halogens is 1. The lowest BCUT2D eigenvalue weighted by Crippen LogP contribution is -2.37. The molecule has 10 nitrogen and oxygen atoms in total. The molecule has 3 N–H and O–H groups in total. The van der Waals surface area contributed by atoms with Gasteiger partial charge in [-0.3, -0.25) is 14.4 Å². The van der Waals surface area contributed by atoms with Gasteiger partial charge in [0, 0.05) is 22.8 Å². The van der Waals surface area contributed by atoms with Crippen molar-refractivity contribution in [1.29, 1.82) is 0 Å². The highest BCUT2D eigenvalue weighted by molar-refractivity contribution is 6.35. The van der Waals surface area contributed by atoms with Crippen LogP contribution in [0.2, 0.25) is 5.02 Å². The van der Waals surface area contributed by atoms with E-state index in [1.165, 1.54) is 13.3 Å². The molecule has 3 amide bonds. The molecule has 11 heteroatoms. The SMILES string of the molecule is CCOc1ccc(NC(=O)COc2c(/C=N\NC(=O)C(=O)NCc3ccc(Cl)cc3)cccc2OC)cc1. The van der Waals surface area contributed by atoms with Gasteiger partial charge in [-0.2, -0.15) is 5.10 Å². The summed E-state index contributed by atoms with van der Waals surface area (Å²) in [5.41, 5.74) is 3.95. The zero-order valence-electron chi connectivity index (χ0n) is 20.8. The predicted octanol–water partition coefficient (Wildman–Crippen LogP) is 3.53. The Hall–Kier alpha value is -4.57. The summed E-state index contributed by atoms with van der Waals surface area (Å²) >= 11 is 5.84. The van der Waals surface area contributed by atoms with Crippen LogP contribution in [0.3, 0.4) is 0 Å². The van der Waals surface area contributed by atoms with Crippen molar-refractivity contribution < 1.29 is 28.6 Å². The molecule has 0 saturated carbocycles. The summed E-state index contributed by atoms with van der Waals surface area (Å²) in [6.07, 6.45) is 1.28. The number of anilines is 1. The minimum absolute atomic E-state index is 0.153. The number of ether oxygens (including phenoxy) is 3. The first-order valence-corrected chi connectivity index (χ1v) is 12.0. The molecule has 0 aromatic heterocycles. The first-order valence-electron chi connectivity index (χ1n) is 11.6. The maximum atomic E-state index is 12.4. The molecule has 0 spiro atoms. The van der Waals surface area contributed by atoms with Crippen molar-refractivity contribution in [2.24, 2.45) is 5.10 Å². The van der Waals surface area contributed by atoms with Crippen LogP contribution in [-0.4, -0.2) is 44.3 Å². The fourth-order valence-corrected chi connectivity index (χ4v) is 3.29. The minimum atomic E-state index is -0.949. The molecule has 3 aromatic rings. The Bertz CT molecular complexity index is 1280. The third-order valence-corrected chi connectivity index (χ3v) is 5.22. The lowest BCUT2D eigenvalue weighted by atomic mass is 10.2. The Morgan fingerprint density at radius 1 is 0.947 bits per heavy atom. The fourth-order valence-electron chi connectivity index (χ4n) is 3.16. The van der Waals surface area contributed by atoms with Gasteiger partial charge < -0.3 is 24.8 Å². The quantitative estimate of drug-likeness (QED) is 0.195. The summed E-state index contributed by atoms with van der Waals surface area (Å²) in [4.78, 5) is 36.6. The fraction of sp³-hybridized carbons (Fsp3) is 0.185. The maximum absolute atomic E-state index is 12.4. The molecule has 0 saturated heterocycles. The third kappa shape index (κ3) is 8.52. The van der Waals surface area contributed by atoms with Gasteiger partial charge in [0.1, 0.15) is 5.75 Å². The van der Waals surface area contributed by atoms with Crippen molar-refractivity contribution >= 4 is 41.2 Å². The zero-order chi connectivity index (χ0) is 27.3. The van der Waals surface area contributed by atoms with Crippen LogP contribution in [0, 0.1) is 0 Å². The molecule has 3 aromatic carbocycles. The van der Waals surface area contributed by atoms with Gasteiger partial charge in [0.2, 0.25) is 0 Å². The molecule has 3 rings (SSSR count). The Kier molecular flexibility index (Phi) is 10.5. The zero-order valence-corrected chi connectivity index (χ0v) is 21.6. The van der Waals surface area contributed by atoms with Gasteiger partial charge >= 0.3 is 11.8 Å². The number of hydrogen-bond donors (Lipinski definition) is 3. The Balaban J connectivity index is 1.55. The molecular formula is C27H27ClN4O6. The van der Waals surface area contributed by atoms with Gasteiger partial charge in [-0.15, -0.1) is 0 Å². The third-order valence-electron chi connectivity index (χ3n) is 4.97. The molecule has 0 fully saturated rings. The van der Waals surface area contributed by atoms with E-state index in [0.717, 1.165) is 5.56 Å². The van der Waals surface area contributed by atoms with Crippen LogP contribution in [0.4, 0.5) is 5.69 Å². The minimum Gasteiger partial charge on any atom is -0.494 e. The van der Waals surface area contributed by atoms with Crippen LogP contribution >= 0.6 is 11.6 Å². The molecule has 0 aliphatic heterocycles. The molecule has 198 valence electrons. The van der Waals surface area contributed by atoms with Crippen molar-refractivity contribution in [1.82, 2.24) is 10.7 Å². The highest BCUT2D eigenvalue weighted by atomic mass is 35.5. The van der Waals surface area contributed by atoms with Gasteiger partial charge in [0.25, 0.3) is 5.91 Å². The summed E-state index contributed by atoms with van der Waals surface area (Å²) in [5, 5.41) is 9.63. The van der Waals surface area contributed by atoms with Crippen molar-refractivity contribution in [2.75, 3.05) is 25.6 Å². The lowest BCUT2D eigenvalue weighted by molar-refractivity contribution is -0.139. The van der Waals surface area contributed by atoms with Gasteiger partial charge in [-0.05, 0) is 61.0 Å². The van der Waals surface area contributed by atoms with Crippen LogP contribution in [0.5, 0.6) is 17.2 Å². The molecule has 0 bridgehead atoms. The number of rotatable bonds is 11. The second-order valence-corrected chi connectivity index (χ2v) is 8.12. The number of nitrogens with one attached hydrogen (secondary N) is 3. The van der Waals surface area contributed by atoms with Crippen molar-refractivity contribution in [3.63, 3.8) is 0 Å². The second kappa shape index (κ2) is 14.2. The number of hydrogen-bond acceptors (Lipinski definition) is 7. The van der Waals surface area contributed by atoms with Gasteiger partial charge in [0.05, 0.1) is 19.9 Å². The number of nitrogens with zero attached hydrogens (tertiary/aromatic N) is 1. The van der Waals surface area contributed by atoms with Crippen LogP contribution in [-0.2, 0) is 20.9 Å². The Labute approximate surface area is 224 Å².